The van der Waals surface area contributed by atoms with E-state index in [9.17, 15) is 0 Å². The zero-order valence-electron chi connectivity index (χ0n) is 11.1. The number of hydrogen-bond acceptors (Lipinski definition) is 4. The van der Waals surface area contributed by atoms with Gasteiger partial charge in [0.1, 0.15) is 0 Å². The Hall–Kier alpha value is -1.94. The molecule has 1 aromatic carbocycles. The van der Waals surface area contributed by atoms with Crippen LogP contribution in [0.25, 0.3) is 11.3 Å². The molecule has 1 unspecified atom stereocenters. The Morgan fingerprint density at radius 1 is 1.11 bits per heavy atom. The first-order valence-corrected chi connectivity index (χ1v) is 6.64. The zero-order chi connectivity index (χ0) is 13.2. The number of rotatable bonds is 2. The van der Waals surface area contributed by atoms with Crippen molar-refractivity contribution in [1.29, 1.82) is 0 Å². The molecule has 1 fully saturated rings. The van der Waals surface area contributed by atoms with Crippen molar-refractivity contribution >= 4 is 5.82 Å². The van der Waals surface area contributed by atoms with E-state index in [0.29, 0.717) is 0 Å². The van der Waals surface area contributed by atoms with Gasteiger partial charge in [-0.05, 0) is 25.5 Å². The summed E-state index contributed by atoms with van der Waals surface area (Å²) in [5.74, 6) is 0.920. The topological polar surface area (TPSA) is 55.0 Å². The summed E-state index contributed by atoms with van der Waals surface area (Å²) >= 11 is 0. The third-order valence-electron chi connectivity index (χ3n) is 3.55. The molecular weight excluding hydrogens is 236 g/mol. The van der Waals surface area contributed by atoms with Crippen LogP contribution in [0.5, 0.6) is 0 Å². The fourth-order valence-electron chi connectivity index (χ4n) is 2.37. The van der Waals surface area contributed by atoms with Crippen molar-refractivity contribution in [2.45, 2.75) is 19.4 Å². The minimum absolute atomic E-state index is 0.263. The molecule has 0 aliphatic carbocycles. The Balaban J connectivity index is 1.80. The molecule has 0 spiro atoms. The molecule has 3 rings (SSSR count). The maximum Gasteiger partial charge on any atom is 0.151 e. The molecular formula is C15H18N4. The summed E-state index contributed by atoms with van der Waals surface area (Å²) in [5, 5.41) is 8.63. The first kappa shape index (κ1) is 12.1. The highest BCUT2D eigenvalue weighted by atomic mass is 15.3. The highest BCUT2D eigenvalue weighted by molar-refractivity contribution is 5.60. The minimum atomic E-state index is 0.263. The number of nitrogens with two attached hydrogens (primary N) is 1. The van der Waals surface area contributed by atoms with Crippen molar-refractivity contribution in [2.75, 3.05) is 18.0 Å². The molecule has 98 valence electrons. The predicted molar refractivity (Wildman–Crippen MR) is 77.0 cm³/mol. The summed E-state index contributed by atoms with van der Waals surface area (Å²) in [7, 11) is 0. The molecule has 0 saturated carbocycles. The molecule has 0 amide bonds. The number of aryl methyl sites for hydroxylation is 1. The molecule has 0 bridgehead atoms. The molecule has 0 radical (unpaired) electrons. The first-order valence-electron chi connectivity index (χ1n) is 6.64. The Labute approximate surface area is 113 Å². The molecule has 1 aliphatic rings. The number of anilines is 1. The van der Waals surface area contributed by atoms with Gasteiger partial charge in [0.2, 0.25) is 0 Å². The molecule has 1 aromatic heterocycles. The number of nitrogens with zero attached hydrogens (tertiary/aromatic N) is 3. The van der Waals surface area contributed by atoms with Gasteiger partial charge in [-0.25, -0.2) is 0 Å². The SMILES string of the molecule is Cc1ccc(-c2ccc(N3CCC(N)C3)nn2)cc1. The summed E-state index contributed by atoms with van der Waals surface area (Å²) < 4.78 is 0. The van der Waals surface area contributed by atoms with Crippen molar-refractivity contribution < 1.29 is 0 Å². The Morgan fingerprint density at radius 2 is 1.89 bits per heavy atom. The molecule has 4 nitrogen and oxygen atoms in total. The van der Waals surface area contributed by atoms with E-state index >= 15 is 0 Å². The standard InChI is InChI=1S/C15H18N4/c1-11-2-4-12(5-3-11)14-6-7-15(18-17-14)19-9-8-13(16)10-19/h2-7,13H,8-10,16H2,1H3. The number of aromatic nitrogens is 2. The van der Waals surface area contributed by atoms with E-state index in [1.807, 2.05) is 12.1 Å². The van der Waals surface area contributed by atoms with Crippen LogP contribution in [0.4, 0.5) is 5.82 Å². The second-order valence-corrected chi connectivity index (χ2v) is 5.14. The largest absolute Gasteiger partial charge is 0.354 e. The van der Waals surface area contributed by atoms with Crippen LogP contribution in [0, 0.1) is 6.92 Å². The van der Waals surface area contributed by atoms with Crippen molar-refractivity contribution in [3.63, 3.8) is 0 Å². The van der Waals surface area contributed by atoms with Crippen molar-refractivity contribution in [2.24, 2.45) is 5.73 Å². The van der Waals surface area contributed by atoms with Gasteiger partial charge in [0, 0.05) is 24.7 Å². The van der Waals surface area contributed by atoms with Gasteiger partial charge in [-0.15, -0.1) is 10.2 Å². The zero-order valence-corrected chi connectivity index (χ0v) is 11.1. The Bertz CT molecular complexity index is 547. The molecule has 2 aromatic rings. The summed E-state index contributed by atoms with van der Waals surface area (Å²) in [6.07, 6.45) is 1.03. The van der Waals surface area contributed by atoms with Gasteiger partial charge in [-0.3, -0.25) is 0 Å². The lowest BCUT2D eigenvalue weighted by molar-refractivity contribution is 0.750. The van der Waals surface area contributed by atoms with Crippen LogP contribution < -0.4 is 10.6 Å². The quantitative estimate of drug-likeness (QED) is 0.890. The van der Waals surface area contributed by atoms with Crippen LogP contribution in [-0.2, 0) is 0 Å². The molecule has 1 atom stereocenters. The van der Waals surface area contributed by atoms with Crippen molar-refractivity contribution in [1.82, 2.24) is 10.2 Å². The number of benzene rings is 1. The maximum atomic E-state index is 5.91. The van der Waals surface area contributed by atoms with Gasteiger partial charge in [-0.2, -0.15) is 0 Å². The van der Waals surface area contributed by atoms with Crippen LogP contribution in [0.3, 0.4) is 0 Å². The van der Waals surface area contributed by atoms with Crippen LogP contribution >= 0.6 is 0 Å². The average Bonchev–Trinajstić information content (AvgIpc) is 2.87. The van der Waals surface area contributed by atoms with Crippen LogP contribution in [-0.4, -0.2) is 29.3 Å². The molecule has 19 heavy (non-hydrogen) atoms. The second kappa shape index (κ2) is 4.97. The van der Waals surface area contributed by atoms with Gasteiger partial charge in [0.15, 0.2) is 5.82 Å². The smallest absolute Gasteiger partial charge is 0.151 e. The Kier molecular flexibility index (Phi) is 3.17. The lowest BCUT2D eigenvalue weighted by atomic mass is 10.1. The van der Waals surface area contributed by atoms with Gasteiger partial charge >= 0.3 is 0 Å². The molecule has 2 heterocycles. The summed E-state index contributed by atoms with van der Waals surface area (Å²) in [6, 6.07) is 12.6. The van der Waals surface area contributed by atoms with Gasteiger partial charge in [-0.1, -0.05) is 29.8 Å². The fourth-order valence-corrected chi connectivity index (χ4v) is 2.37. The van der Waals surface area contributed by atoms with E-state index in [4.69, 9.17) is 5.73 Å². The predicted octanol–water partition coefficient (Wildman–Crippen LogP) is 1.99. The molecule has 2 N–H and O–H groups in total. The Morgan fingerprint density at radius 3 is 2.47 bits per heavy atom. The minimum Gasteiger partial charge on any atom is -0.354 e. The summed E-state index contributed by atoms with van der Waals surface area (Å²) in [6.45, 7) is 3.92. The van der Waals surface area contributed by atoms with Crippen LogP contribution in [0.1, 0.15) is 12.0 Å². The molecule has 1 saturated heterocycles. The van der Waals surface area contributed by atoms with E-state index in [-0.39, 0.29) is 6.04 Å². The highest BCUT2D eigenvalue weighted by Gasteiger charge is 2.20. The lowest BCUT2D eigenvalue weighted by Crippen LogP contribution is -2.27. The maximum absolute atomic E-state index is 5.91. The second-order valence-electron chi connectivity index (χ2n) is 5.14. The van der Waals surface area contributed by atoms with Crippen LogP contribution in [0.2, 0.25) is 0 Å². The van der Waals surface area contributed by atoms with Crippen LogP contribution in [0.15, 0.2) is 36.4 Å². The molecule has 4 heteroatoms. The highest BCUT2D eigenvalue weighted by Crippen LogP contribution is 2.21. The van der Waals surface area contributed by atoms with Crippen molar-refractivity contribution in [3.8, 4) is 11.3 Å². The van der Waals surface area contributed by atoms with Gasteiger partial charge in [0.25, 0.3) is 0 Å². The third-order valence-corrected chi connectivity index (χ3v) is 3.55. The van der Waals surface area contributed by atoms with E-state index in [2.05, 4.69) is 46.3 Å². The van der Waals surface area contributed by atoms with E-state index in [1.54, 1.807) is 0 Å². The molecule has 1 aliphatic heterocycles. The summed E-state index contributed by atoms with van der Waals surface area (Å²) in [4.78, 5) is 2.19. The average molecular weight is 254 g/mol. The van der Waals surface area contributed by atoms with Gasteiger partial charge in [0.05, 0.1) is 5.69 Å². The third kappa shape index (κ3) is 2.58. The number of hydrogen-bond donors (Lipinski definition) is 1. The van der Waals surface area contributed by atoms with Crippen molar-refractivity contribution in [3.05, 3.63) is 42.0 Å². The van der Waals surface area contributed by atoms with E-state index in [0.717, 1.165) is 36.6 Å². The first-order chi connectivity index (χ1) is 9.22. The normalized spacial score (nSPS) is 18.8. The monoisotopic (exact) mass is 254 g/mol. The fraction of sp³-hybridized carbons (Fsp3) is 0.333. The lowest BCUT2D eigenvalue weighted by Gasteiger charge is -2.15. The van der Waals surface area contributed by atoms with E-state index in [1.165, 1.54) is 5.56 Å². The van der Waals surface area contributed by atoms with E-state index < -0.39 is 0 Å². The van der Waals surface area contributed by atoms with Gasteiger partial charge < -0.3 is 10.6 Å². The summed E-state index contributed by atoms with van der Waals surface area (Å²) in [5.41, 5.74) is 9.17.